The molecule has 0 atom stereocenters. The van der Waals surface area contributed by atoms with Gasteiger partial charge in [0, 0.05) is 72.2 Å². The Bertz CT molecular complexity index is 1480. The lowest BCUT2D eigenvalue weighted by Gasteiger charge is -2.34. The van der Waals surface area contributed by atoms with Gasteiger partial charge in [0.1, 0.15) is 5.82 Å². The lowest BCUT2D eigenvalue weighted by Crippen LogP contribution is -2.44. The number of halogens is 1. The predicted molar refractivity (Wildman–Crippen MR) is 138 cm³/mol. The van der Waals surface area contributed by atoms with Gasteiger partial charge in [-0.15, -0.1) is 0 Å². The molecule has 0 bridgehead atoms. The Labute approximate surface area is 203 Å². The number of nitrogens with one attached hydrogen (secondary N) is 1. The summed E-state index contributed by atoms with van der Waals surface area (Å²) in [7, 11) is -0.241. The highest BCUT2D eigenvalue weighted by Gasteiger charge is 2.16. The molecular weight excluding hydrogens is 467 g/mol. The van der Waals surface area contributed by atoms with Crippen LogP contribution in [0.5, 0.6) is 0 Å². The van der Waals surface area contributed by atoms with E-state index >= 15 is 0 Å². The van der Waals surface area contributed by atoms with Crippen LogP contribution in [0.25, 0.3) is 16.9 Å². The minimum absolute atomic E-state index is 0.278. The largest absolute Gasteiger partial charge is 0.369 e. The molecule has 4 heterocycles. The first-order chi connectivity index (χ1) is 16.7. The van der Waals surface area contributed by atoms with Gasteiger partial charge >= 0.3 is 0 Å². The summed E-state index contributed by atoms with van der Waals surface area (Å²) in [4.78, 5) is 18.0. The summed E-state index contributed by atoms with van der Waals surface area (Å²) in [5.41, 5.74) is 2.38. The van der Waals surface area contributed by atoms with Crippen LogP contribution in [0.15, 0.2) is 59.2 Å². The zero-order valence-electron chi connectivity index (χ0n) is 19.8. The number of piperazine rings is 1. The van der Waals surface area contributed by atoms with Crippen LogP contribution < -0.4 is 10.2 Å². The lowest BCUT2D eigenvalue weighted by atomic mass is 10.2. The molecule has 35 heavy (non-hydrogen) atoms. The van der Waals surface area contributed by atoms with Crippen LogP contribution in [0.3, 0.4) is 0 Å². The van der Waals surface area contributed by atoms with E-state index in [4.69, 9.17) is 0 Å². The van der Waals surface area contributed by atoms with Crippen molar-refractivity contribution in [1.29, 1.82) is 0 Å². The van der Waals surface area contributed by atoms with Crippen LogP contribution in [0, 0.1) is 5.82 Å². The minimum Gasteiger partial charge on any atom is -0.369 e. The van der Waals surface area contributed by atoms with Crippen molar-refractivity contribution < 1.29 is 8.60 Å². The van der Waals surface area contributed by atoms with E-state index in [-0.39, 0.29) is 5.39 Å². The number of rotatable bonds is 5. The molecule has 5 rings (SSSR count). The smallest absolute Gasteiger partial charge is 0.229 e. The third-order valence-corrected chi connectivity index (χ3v) is 6.40. The van der Waals surface area contributed by atoms with Gasteiger partial charge in [0.15, 0.2) is 17.3 Å². The first-order valence-electron chi connectivity index (χ1n) is 11.2. The number of hydrogen-bond donors (Lipinski definition) is 1. The summed E-state index contributed by atoms with van der Waals surface area (Å²) >= 11 is 0. The second kappa shape index (κ2) is 9.23. The fourth-order valence-electron chi connectivity index (χ4n) is 3.98. The molecule has 1 aliphatic heterocycles. The Hall–Kier alpha value is -3.57. The van der Waals surface area contributed by atoms with E-state index in [9.17, 15) is 8.60 Å². The molecule has 0 radical (unpaired) electrons. The van der Waals surface area contributed by atoms with Gasteiger partial charge in [0.2, 0.25) is 5.95 Å². The average molecular weight is 495 g/mol. The molecule has 1 N–H and O–H groups in total. The minimum atomic E-state index is -2.38. The Morgan fingerprint density at radius 1 is 1.03 bits per heavy atom. The van der Waals surface area contributed by atoms with Gasteiger partial charge in [-0.25, -0.2) is 18.6 Å². The maximum absolute atomic E-state index is 14.6. The average Bonchev–Trinajstić information content (AvgIpc) is 3.15. The maximum atomic E-state index is 14.6. The quantitative estimate of drug-likeness (QED) is 0.451. The van der Waals surface area contributed by atoms with Crippen LogP contribution in [0.4, 0.5) is 27.5 Å². The van der Waals surface area contributed by atoms with E-state index in [1.807, 2.05) is 12.1 Å². The van der Waals surface area contributed by atoms with E-state index in [0.717, 1.165) is 31.9 Å². The molecule has 3 aromatic heterocycles. The molecule has 182 valence electrons. The highest BCUT2D eigenvalue weighted by molar-refractivity contribution is 7.92. The summed E-state index contributed by atoms with van der Waals surface area (Å²) in [6.07, 6.45) is 5.84. The van der Waals surface area contributed by atoms with Crippen molar-refractivity contribution in [2.75, 3.05) is 56.0 Å². The monoisotopic (exact) mass is 494 g/mol. The van der Waals surface area contributed by atoms with E-state index in [1.165, 1.54) is 30.6 Å². The van der Waals surface area contributed by atoms with Gasteiger partial charge in [-0.05, 0) is 43.4 Å². The van der Waals surface area contributed by atoms with Crippen molar-refractivity contribution >= 4 is 43.9 Å². The van der Waals surface area contributed by atoms with Gasteiger partial charge in [-0.2, -0.15) is 9.35 Å². The first kappa shape index (κ1) is 23.2. The third kappa shape index (κ3) is 5.25. The highest BCUT2D eigenvalue weighted by atomic mass is 32.2. The summed E-state index contributed by atoms with van der Waals surface area (Å²) in [5, 5.41) is 3.48. The van der Waals surface area contributed by atoms with Crippen molar-refractivity contribution in [2.24, 2.45) is 4.36 Å². The number of nitrogens with zero attached hydrogens (tertiary/aromatic N) is 7. The molecule has 1 saturated heterocycles. The van der Waals surface area contributed by atoms with Crippen molar-refractivity contribution in [3.05, 3.63) is 60.7 Å². The van der Waals surface area contributed by atoms with Crippen LogP contribution in [-0.2, 0) is 9.73 Å². The molecule has 0 amide bonds. The fraction of sp³-hybridized carbons (Fsp3) is 0.292. The van der Waals surface area contributed by atoms with E-state index in [0.29, 0.717) is 23.2 Å². The highest BCUT2D eigenvalue weighted by Crippen LogP contribution is 2.25. The van der Waals surface area contributed by atoms with E-state index < -0.39 is 15.5 Å². The number of likely N-dealkylation sites (N-methyl/N-ethyl adjacent to an activating group) is 1. The topological polar surface area (TPSA) is 91.5 Å². The molecule has 11 heteroatoms. The summed E-state index contributed by atoms with van der Waals surface area (Å²) in [6, 6.07) is 13.2. The second-order valence-corrected chi connectivity index (χ2v) is 11.4. The number of aromatic nitrogens is 4. The molecule has 4 aromatic rings. The van der Waals surface area contributed by atoms with Gasteiger partial charge < -0.3 is 15.1 Å². The Morgan fingerprint density at radius 3 is 2.49 bits per heavy atom. The van der Waals surface area contributed by atoms with Gasteiger partial charge in [-0.3, -0.25) is 4.57 Å². The molecule has 0 unspecified atom stereocenters. The normalized spacial score (nSPS) is 14.9. The molecule has 1 fully saturated rings. The van der Waals surface area contributed by atoms with Crippen molar-refractivity contribution in [3.63, 3.8) is 0 Å². The standard InChI is InChI=1S/C24H27FN8OS/c1-31-11-13-32(14-12-31)18-9-7-17(8-10-18)27-24-26-15-19-20(25)16-33(23(19)29-24)22-6-4-5-21(28-22)30-35(2,3)34/h4-10,15-16H,11-14H2,1-3H3,(H,26,27,29). The zero-order valence-corrected chi connectivity index (χ0v) is 20.7. The molecule has 1 aromatic carbocycles. The lowest BCUT2D eigenvalue weighted by molar-refractivity contribution is 0.313. The summed E-state index contributed by atoms with van der Waals surface area (Å²) in [6.45, 7) is 4.10. The van der Waals surface area contributed by atoms with Crippen LogP contribution in [0.1, 0.15) is 0 Å². The Balaban J connectivity index is 1.42. The SMILES string of the molecule is CN1CCN(c2ccc(Nc3ncc4c(F)cn(-c5cccc(N=S(C)(C)=O)n5)c4n3)cc2)CC1. The number of pyridine rings is 1. The van der Waals surface area contributed by atoms with Gasteiger partial charge in [0.05, 0.1) is 5.39 Å². The molecule has 1 aliphatic rings. The summed E-state index contributed by atoms with van der Waals surface area (Å²) in [5.74, 6) is 0.620. The third-order valence-electron chi connectivity index (χ3n) is 5.77. The van der Waals surface area contributed by atoms with Crippen LogP contribution >= 0.6 is 0 Å². The molecule has 0 aliphatic carbocycles. The number of fused-ring (bicyclic) bond motifs is 1. The maximum Gasteiger partial charge on any atom is 0.229 e. The second-order valence-electron chi connectivity index (χ2n) is 8.87. The Kier molecular flexibility index (Phi) is 6.12. The van der Waals surface area contributed by atoms with Crippen LogP contribution in [0.2, 0.25) is 0 Å². The van der Waals surface area contributed by atoms with E-state index in [2.05, 4.69) is 53.6 Å². The molecule has 0 saturated carbocycles. The number of benzene rings is 1. The van der Waals surface area contributed by atoms with Gasteiger partial charge in [-0.1, -0.05) is 6.07 Å². The molecule has 9 nitrogen and oxygen atoms in total. The van der Waals surface area contributed by atoms with E-state index in [1.54, 1.807) is 22.8 Å². The molecular formula is C24H27FN8OS. The number of hydrogen-bond acceptors (Lipinski definition) is 8. The van der Waals surface area contributed by atoms with Crippen LogP contribution in [-0.4, -0.2) is 74.4 Å². The zero-order chi connectivity index (χ0) is 24.6. The first-order valence-corrected chi connectivity index (χ1v) is 13.6. The Morgan fingerprint density at radius 2 is 1.77 bits per heavy atom. The van der Waals surface area contributed by atoms with Gasteiger partial charge in [0.25, 0.3) is 0 Å². The molecule has 0 spiro atoms. The van der Waals surface area contributed by atoms with Crippen molar-refractivity contribution in [2.45, 2.75) is 0 Å². The van der Waals surface area contributed by atoms with Crippen molar-refractivity contribution in [1.82, 2.24) is 24.4 Å². The summed E-state index contributed by atoms with van der Waals surface area (Å²) < 4.78 is 32.4. The fourth-order valence-corrected chi connectivity index (χ4v) is 4.53. The predicted octanol–water partition coefficient (Wildman–Crippen LogP) is 3.81. The number of anilines is 3. The van der Waals surface area contributed by atoms with Crippen molar-refractivity contribution in [3.8, 4) is 5.82 Å².